The zero-order valence-electron chi connectivity index (χ0n) is 12.4. The molecule has 2 aromatic rings. The standard InChI is InChI=1S/C15H19N3O2S2/c1-3-9-16-14-17-18-15(22-14)21-11-4-10-20-13-7-5-12(19-2)6-8-13/h3,5-8H,1,4,9-11H2,2H3,(H,16,17). The van der Waals surface area contributed by atoms with Crippen LogP contribution in [0.3, 0.4) is 0 Å². The molecule has 2 rings (SSSR count). The van der Waals surface area contributed by atoms with E-state index in [1.54, 1.807) is 36.3 Å². The summed E-state index contributed by atoms with van der Waals surface area (Å²) >= 11 is 3.25. The first-order valence-corrected chi connectivity index (χ1v) is 8.70. The molecule has 0 aliphatic carbocycles. The third-order valence-electron chi connectivity index (χ3n) is 2.65. The molecule has 0 amide bonds. The topological polar surface area (TPSA) is 56.3 Å². The average Bonchev–Trinajstić information content (AvgIpc) is 3.01. The molecule has 0 fully saturated rings. The molecule has 5 nitrogen and oxygen atoms in total. The quantitative estimate of drug-likeness (QED) is 0.405. The molecular formula is C15H19N3O2S2. The largest absolute Gasteiger partial charge is 0.497 e. The second-order valence-electron chi connectivity index (χ2n) is 4.27. The summed E-state index contributed by atoms with van der Waals surface area (Å²) in [7, 11) is 1.65. The first-order valence-electron chi connectivity index (χ1n) is 6.89. The Morgan fingerprint density at radius 1 is 1.27 bits per heavy atom. The highest BCUT2D eigenvalue weighted by molar-refractivity contribution is 8.01. The lowest BCUT2D eigenvalue weighted by Gasteiger charge is -2.06. The maximum Gasteiger partial charge on any atom is 0.206 e. The number of nitrogens with one attached hydrogen (secondary N) is 1. The van der Waals surface area contributed by atoms with Gasteiger partial charge in [0.15, 0.2) is 4.34 Å². The van der Waals surface area contributed by atoms with Gasteiger partial charge in [-0.1, -0.05) is 29.2 Å². The van der Waals surface area contributed by atoms with Gasteiger partial charge in [0.2, 0.25) is 5.13 Å². The smallest absolute Gasteiger partial charge is 0.206 e. The molecule has 0 saturated heterocycles. The molecule has 0 spiro atoms. The monoisotopic (exact) mass is 337 g/mol. The number of benzene rings is 1. The molecule has 0 radical (unpaired) electrons. The first-order chi connectivity index (χ1) is 10.8. The number of rotatable bonds is 10. The minimum atomic E-state index is 0.680. The molecule has 0 aliphatic rings. The molecule has 0 saturated carbocycles. The number of anilines is 1. The van der Waals surface area contributed by atoms with Gasteiger partial charge >= 0.3 is 0 Å². The lowest BCUT2D eigenvalue weighted by Crippen LogP contribution is -1.98. The van der Waals surface area contributed by atoms with E-state index in [0.717, 1.165) is 33.1 Å². The van der Waals surface area contributed by atoms with Crippen molar-refractivity contribution < 1.29 is 9.47 Å². The maximum absolute atomic E-state index is 5.68. The van der Waals surface area contributed by atoms with Crippen LogP contribution in [-0.4, -0.2) is 36.2 Å². The summed E-state index contributed by atoms with van der Waals surface area (Å²) in [6, 6.07) is 7.61. The molecule has 1 N–H and O–H groups in total. The molecule has 0 aliphatic heterocycles. The lowest BCUT2D eigenvalue weighted by atomic mass is 10.3. The van der Waals surface area contributed by atoms with Gasteiger partial charge < -0.3 is 14.8 Å². The second-order valence-corrected chi connectivity index (χ2v) is 6.59. The fourth-order valence-corrected chi connectivity index (χ4v) is 3.32. The van der Waals surface area contributed by atoms with Crippen LogP contribution in [0, 0.1) is 0 Å². The first kappa shape index (κ1) is 16.6. The summed E-state index contributed by atoms with van der Waals surface area (Å²) in [5.41, 5.74) is 0. The van der Waals surface area contributed by atoms with E-state index in [1.807, 2.05) is 24.3 Å². The highest BCUT2D eigenvalue weighted by Crippen LogP contribution is 2.26. The van der Waals surface area contributed by atoms with Crippen LogP contribution in [0.5, 0.6) is 11.5 Å². The van der Waals surface area contributed by atoms with Gasteiger partial charge in [-0.15, -0.1) is 16.8 Å². The highest BCUT2D eigenvalue weighted by atomic mass is 32.2. The van der Waals surface area contributed by atoms with E-state index in [9.17, 15) is 0 Å². The maximum atomic E-state index is 5.68. The van der Waals surface area contributed by atoms with Crippen LogP contribution in [0.15, 0.2) is 41.3 Å². The molecule has 118 valence electrons. The van der Waals surface area contributed by atoms with Crippen molar-refractivity contribution in [1.82, 2.24) is 10.2 Å². The van der Waals surface area contributed by atoms with Gasteiger partial charge in [0.25, 0.3) is 0 Å². The number of ether oxygens (including phenoxy) is 2. The average molecular weight is 337 g/mol. The predicted octanol–water partition coefficient (Wildman–Crippen LogP) is 3.71. The Balaban J connectivity index is 1.62. The van der Waals surface area contributed by atoms with E-state index >= 15 is 0 Å². The second kappa shape index (κ2) is 9.32. The number of hydrogen-bond acceptors (Lipinski definition) is 7. The lowest BCUT2D eigenvalue weighted by molar-refractivity contribution is 0.318. The number of methoxy groups -OCH3 is 1. The Hall–Kier alpha value is -1.73. The van der Waals surface area contributed by atoms with Crippen LogP contribution in [-0.2, 0) is 0 Å². The molecule has 1 heterocycles. The van der Waals surface area contributed by atoms with Crippen LogP contribution >= 0.6 is 23.1 Å². The summed E-state index contributed by atoms with van der Waals surface area (Å²) in [6.45, 7) is 5.04. The summed E-state index contributed by atoms with van der Waals surface area (Å²) in [6.07, 6.45) is 2.75. The van der Waals surface area contributed by atoms with E-state index in [2.05, 4.69) is 22.1 Å². The number of aromatic nitrogens is 2. The van der Waals surface area contributed by atoms with Crippen LogP contribution in [0.25, 0.3) is 0 Å². The Morgan fingerprint density at radius 3 is 2.77 bits per heavy atom. The summed E-state index contributed by atoms with van der Waals surface area (Å²) in [5.74, 6) is 2.64. The molecule has 0 bridgehead atoms. The molecule has 1 aromatic heterocycles. The number of thioether (sulfide) groups is 1. The van der Waals surface area contributed by atoms with Gasteiger partial charge in [-0.05, 0) is 30.7 Å². The molecular weight excluding hydrogens is 318 g/mol. The van der Waals surface area contributed by atoms with Crippen LogP contribution < -0.4 is 14.8 Å². The zero-order valence-corrected chi connectivity index (χ0v) is 14.1. The highest BCUT2D eigenvalue weighted by Gasteiger charge is 2.03. The Kier molecular flexibility index (Phi) is 7.05. The van der Waals surface area contributed by atoms with Gasteiger partial charge in [-0.2, -0.15) is 0 Å². The minimum absolute atomic E-state index is 0.680. The molecule has 0 unspecified atom stereocenters. The predicted molar refractivity (Wildman–Crippen MR) is 92.4 cm³/mol. The van der Waals surface area contributed by atoms with Crippen molar-refractivity contribution in [3.05, 3.63) is 36.9 Å². The summed E-state index contributed by atoms with van der Waals surface area (Å²) < 4.78 is 11.8. The van der Waals surface area contributed by atoms with Crippen LogP contribution in [0.2, 0.25) is 0 Å². The van der Waals surface area contributed by atoms with E-state index < -0.39 is 0 Å². The van der Waals surface area contributed by atoms with Crippen molar-refractivity contribution in [3.8, 4) is 11.5 Å². The van der Waals surface area contributed by atoms with E-state index in [-0.39, 0.29) is 0 Å². The third-order valence-corrected chi connectivity index (χ3v) is 4.75. The van der Waals surface area contributed by atoms with Gasteiger partial charge in [0.1, 0.15) is 11.5 Å². The number of hydrogen-bond donors (Lipinski definition) is 1. The van der Waals surface area contributed by atoms with Crippen molar-refractivity contribution in [2.75, 3.05) is 31.3 Å². The van der Waals surface area contributed by atoms with Crippen LogP contribution in [0.4, 0.5) is 5.13 Å². The summed E-state index contributed by atoms with van der Waals surface area (Å²) in [5, 5.41) is 12.1. The molecule has 0 atom stereocenters. The van der Waals surface area contributed by atoms with Gasteiger partial charge in [-0.25, -0.2) is 0 Å². The van der Waals surface area contributed by atoms with E-state index in [1.165, 1.54) is 0 Å². The van der Waals surface area contributed by atoms with E-state index in [4.69, 9.17) is 9.47 Å². The van der Waals surface area contributed by atoms with Crippen molar-refractivity contribution in [2.24, 2.45) is 0 Å². The normalized spacial score (nSPS) is 10.2. The van der Waals surface area contributed by atoms with Crippen molar-refractivity contribution >= 4 is 28.2 Å². The van der Waals surface area contributed by atoms with Crippen molar-refractivity contribution in [1.29, 1.82) is 0 Å². The fourth-order valence-electron chi connectivity index (χ4n) is 1.58. The van der Waals surface area contributed by atoms with Gasteiger partial charge in [0, 0.05) is 12.3 Å². The Morgan fingerprint density at radius 2 is 2.05 bits per heavy atom. The number of nitrogens with zero attached hydrogens (tertiary/aromatic N) is 2. The zero-order chi connectivity index (χ0) is 15.6. The Bertz CT molecular complexity index is 572. The minimum Gasteiger partial charge on any atom is -0.497 e. The van der Waals surface area contributed by atoms with Crippen molar-refractivity contribution in [2.45, 2.75) is 10.8 Å². The fraction of sp³-hybridized carbons (Fsp3) is 0.333. The Labute approximate surface area is 138 Å². The van der Waals surface area contributed by atoms with E-state index in [0.29, 0.717) is 13.2 Å². The summed E-state index contributed by atoms with van der Waals surface area (Å²) in [4.78, 5) is 0. The van der Waals surface area contributed by atoms with Gasteiger partial charge in [-0.3, -0.25) is 0 Å². The SMILES string of the molecule is C=CCNc1nnc(SCCCOc2ccc(OC)cc2)s1. The van der Waals surface area contributed by atoms with Crippen molar-refractivity contribution in [3.63, 3.8) is 0 Å². The third kappa shape index (κ3) is 5.57. The van der Waals surface area contributed by atoms with Crippen LogP contribution in [0.1, 0.15) is 6.42 Å². The van der Waals surface area contributed by atoms with Gasteiger partial charge in [0.05, 0.1) is 13.7 Å². The molecule has 1 aromatic carbocycles. The molecule has 22 heavy (non-hydrogen) atoms. The molecule has 7 heteroatoms.